The lowest BCUT2D eigenvalue weighted by molar-refractivity contribution is -0.130. The van der Waals surface area contributed by atoms with Gasteiger partial charge in [0.2, 0.25) is 5.91 Å². The SMILES string of the molecule is CC(C)(C)OC(=O)N1[C@@H]2CC[C@H]1CC(N1CC(O)CC1=O)C2. The van der Waals surface area contributed by atoms with E-state index in [4.69, 9.17) is 4.74 Å². The first-order chi connectivity index (χ1) is 10.2. The number of aliphatic hydroxyl groups excluding tert-OH is 1. The van der Waals surface area contributed by atoms with Crippen molar-refractivity contribution in [2.24, 2.45) is 0 Å². The molecule has 2 amide bonds. The average Bonchev–Trinajstić information content (AvgIpc) is 2.84. The summed E-state index contributed by atoms with van der Waals surface area (Å²) in [4.78, 5) is 28.1. The molecule has 3 aliphatic heterocycles. The van der Waals surface area contributed by atoms with Crippen LogP contribution in [0.15, 0.2) is 0 Å². The number of nitrogens with zero attached hydrogens (tertiary/aromatic N) is 2. The molecule has 6 nitrogen and oxygen atoms in total. The molecule has 4 atom stereocenters. The number of aliphatic hydroxyl groups is 1. The summed E-state index contributed by atoms with van der Waals surface area (Å²) in [6, 6.07) is 0.467. The number of ether oxygens (including phenoxy) is 1. The lowest BCUT2D eigenvalue weighted by atomic mass is 9.96. The lowest BCUT2D eigenvalue weighted by Crippen LogP contribution is -2.53. The van der Waals surface area contributed by atoms with Crippen LogP contribution in [0.1, 0.15) is 52.9 Å². The van der Waals surface area contributed by atoms with Crippen molar-refractivity contribution in [2.45, 2.75) is 82.7 Å². The standard InChI is InChI=1S/C16H26N2O4/c1-16(2,3)22-15(21)18-10-4-5-11(18)7-12(6-10)17-9-13(19)8-14(17)20/h10-13,19H,4-9H2,1-3H3/t10-,11+,12?,13?. The number of amides is 2. The summed E-state index contributed by atoms with van der Waals surface area (Å²) in [5.41, 5.74) is -0.484. The number of piperidine rings is 1. The Kier molecular flexibility index (Phi) is 3.83. The van der Waals surface area contributed by atoms with Gasteiger partial charge in [-0.3, -0.25) is 4.79 Å². The third-order valence-electron chi connectivity index (χ3n) is 4.89. The molecule has 0 aromatic rings. The quantitative estimate of drug-likeness (QED) is 0.797. The van der Waals surface area contributed by atoms with Crippen LogP contribution in [0.2, 0.25) is 0 Å². The molecule has 0 aromatic heterocycles. The number of β-amino-alcohol motifs (C(OH)–C–C–N with tert-alkyl or cyclic N) is 1. The maximum absolute atomic E-state index is 12.4. The normalized spacial score (nSPS) is 35.2. The Morgan fingerprint density at radius 1 is 1.18 bits per heavy atom. The van der Waals surface area contributed by atoms with Crippen LogP contribution in [0.3, 0.4) is 0 Å². The Balaban J connectivity index is 1.67. The van der Waals surface area contributed by atoms with Crippen molar-refractivity contribution < 1.29 is 19.4 Å². The van der Waals surface area contributed by atoms with Gasteiger partial charge in [-0.05, 0) is 46.5 Å². The maximum atomic E-state index is 12.4. The predicted molar refractivity (Wildman–Crippen MR) is 80.2 cm³/mol. The summed E-state index contributed by atoms with van der Waals surface area (Å²) in [7, 11) is 0. The molecule has 22 heavy (non-hydrogen) atoms. The van der Waals surface area contributed by atoms with Gasteiger partial charge in [0.05, 0.1) is 12.5 Å². The van der Waals surface area contributed by atoms with Gasteiger partial charge in [0.25, 0.3) is 0 Å². The molecule has 0 radical (unpaired) electrons. The van der Waals surface area contributed by atoms with Gasteiger partial charge in [-0.1, -0.05) is 0 Å². The van der Waals surface area contributed by atoms with E-state index in [1.54, 1.807) is 0 Å². The topological polar surface area (TPSA) is 70.1 Å². The minimum Gasteiger partial charge on any atom is -0.444 e. The van der Waals surface area contributed by atoms with E-state index in [1.165, 1.54) is 0 Å². The van der Waals surface area contributed by atoms with Gasteiger partial charge >= 0.3 is 6.09 Å². The highest BCUT2D eigenvalue weighted by Gasteiger charge is 2.48. The molecule has 0 spiro atoms. The number of hydrogen-bond acceptors (Lipinski definition) is 4. The molecule has 124 valence electrons. The fraction of sp³-hybridized carbons (Fsp3) is 0.875. The number of likely N-dealkylation sites (tertiary alicyclic amines) is 1. The zero-order chi connectivity index (χ0) is 16.1. The van der Waals surface area contributed by atoms with Crippen LogP contribution >= 0.6 is 0 Å². The molecule has 6 heteroatoms. The molecule has 3 rings (SSSR count). The van der Waals surface area contributed by atoms with Crippen LogP contribution in [0, 0.1) is 0 Å². The van der Waals surface area contributed by atoms with Gasteiger partial charge in [0, 0.05) is 24.7 Å². The molecule has 2 bridgehead atoms. The summed E-state index contributed by atoms with van der Waals surface area (Å²) < 4.78 is 5.52. The number of carbonyl (C=O) groups is 2. The first-order valence-electron chi connectivity index (χ1n) is 8.23. The molecule has 0 aromatic carbocycles. The number of hydrogen-bond donors (Lipinski definition) is 1. The van der Waals surface area contributed by atoms with Crippen molar-refractivity contribution in [1.29, 1.82) is 0 Å². The maximum Gasteiger partial charge on any atom is 0.410 e. The van der Waals surface area contributed by atoms with Crippen molar-refractivity contribution >= 4 is 12.0 Å². The van der Waals surface area contributed by atoms with Crippen LogP contribution in [-0.4, -0.2) is 63.3 Å². The fourth-order valence-corrected chi connectivity index (χ4v) is 4.08. The van der Waals surface area contributed by atoms with E-state index >= 15 is 0 Å². The molecule has 1 N–H and O–H groups in total. The number of carbonyl (C=O) groups excluding carboxylic acids is 2. The Bertz CT molecular complexity index is 459. The van der Waals surface area contributed by atoms with E-state index in [-0.39, 0.29) is 36.5 Å². The van der Waals surface area contributed by atoms with Gasteiger partial charge in [-0.15, -0.1) is 0 Å². The molecule has 0 aliphatic carbocycles. The summed E-state index contributed by atoms with van der Waals surface area (Å²) in [6.07, 6.45) is 3.03. The van der Waals surface area contributed by atoms with Gasteiger partial charge < -0.3 is 19.6 Å². The van der Waals surface area contributed by atoms with Crippen LogP contribution in [0.4, 0.5) is 4.79 Å². The molecule has 3 aliphatic rings. The van der Waals surface area contributed by atoms with Crippen molar-refractivity contribution in [1.82, 2.24) is 9.80 Å². The second kappa shape index (κ2) is 5.41. The smallest absolute Gasteiger partial charge is 0.410 e. The fourth-order valence-electron chi connectivity index (χ4n) is 4.08. The molecule has 3 heterocycles. The summed E-state index contributed by atoms with van der Waals surface area (Å²) in [5.74, 6) is 0.0441. The Morgan fingerprint density at radius 3 is 2.23 bits per heavy atom. The van der Waals surface area contributed by atoms with E-state index in [0.29, 0.717) is 6.54 Å². The van der Waals surface area contributed by atoms with Gasteiger partial charge in [0.15, 0.2) is 0 Å². The van der Waals surface area contributed by atoms with Gasteiger partial charge in [-0.25, -0.2) is 4.79 Å². The average molecular weight is 310 g/mol. The molecule has 0 saturated carbocycles. The van der Waals surface area contributed by atoms with Crippen LogP contribution in [-0.2, 0) is 9.53 Å². The van der Waals surface area contributed by atoms with Crippen molar-refractivity contribution in [3.63, 3.8) is 0 Å². The molecule has 3 fully saturated rings. The van der Waals surface area contributed by atoms with Crippen molar-refractivity contribution in [2.75, 3.05) is 6.54 Å². The highest BCUT2D eigenvalue weighted by Crippen LogP contribution is 2.39. The van der Waals surface area contributed by atoms with E-state index in [2.05, 4.69) is 0 Å². The van der Waals surface area contributed by atoms with Crippen LogP contribution in [0.25, 0.3) is 0 Å². The first-order valence-corrected chi connectivity index (χ1v) is 8.23. The van der Waals surface area contributed by atoms with E-state index < -0.39 is 11.7 Å². The zero-order valence-electron chi connectivity index (χ0n) is 13.6. The van der Waals surface area contributed by atoms with Gasteiger partial charge in [-0.2, -0.15) is 0 Å². The first kappa shape index (κ1) is 15.6. The summed E-state index contributed by atoms with van der Waals surface area (Å²) >= 11 is 0. The number of rotatable bonds is 1. The van der Waals surface area contributed by atoms with E-state index in [0.717, 1.165) is 25.7 Å². The zero-order valence-corrected chi connectivity index (χ0v) is 13.6. The Hall–Kier alpha value is -1.30. The molecular weight excluding hydrogens is 284 g/mol. The van der Waals surface area contributed by atoms with Crippen LogP contribution in [0.5, 0.6) is 0 Å². The van der Waals surface area contributed by atoms with E-state index in [9.17, 15) is 14.7 Å². The predicted octanol–water partition coefficient (Wildman–Crippen LogP) is 1.51. The Labute approximate surface area is 131 Å². The third kappa shape index (κ3) is 2.93. The summed E-state index contributed by atoms with van der Waals surface area (Å²) in [5, 5.41) is 9.67. The monoisotopic (exact) mass is 310 g/mol. The molecular formula is C16H26N2O4. The highest BCUT2D eigenvalue weighted by molar-refractivity contribution is 5.79. The minimum absolute atomic E-state index is 0.0441. The number of fused-ring (bicyclic) bond motifs is 2. The van der Waals surface area contributed by atoms with Crippen molar-refractivity contribution in [3.05, 3.63) is 0 Å². The van der Waals surface area contributed by atoms with Crippen LogP contribution < -0.4 is 0 Å². The molecule has 3 saturated heterocycles. The Morgan fingerprint density at radius 2 is 1.77 bits per heavy atom. The molecule has 2 unspecified atom stereocenters. The third-order valence-corrected chi connectivity index (χ3v) is 4.89. The van der Waals surface area contributed by atoms with Crippen molar-refractivity contribution in [3.8, 4) is 0 Å². The summed E-state index contributed by atoms with van der Waals surface area (Å²) in [6.45, 7) is 6.08. The van der Waals surface area contributed by atoms with Gasteiger partial charge in [0.1, 0.15) is 5.60 Å². The second-order valence-electron chi connectivity index (χ2n) is 7.80. The highest BCUT2D eigenvalue weighted by atomic mass is 16.6. The second-order valence-corrected chi connectivity index (χ2v) is 7.80. The van der Waals surface area contributed by atoms with E-state index in [1.807, 2.05) is 30.6 Å². The lowest BCUT2D eigenvalue weighted by Gasteiger charge is -2.42. The largest absolute Gasteiger partial charge is 0.444 e. The minimum atomic E-state index is -0.533.